The quantitative estimate of drug-likeness (QED) is 0.845. The average molecular weight is 297 g/mol. The molecule has 0 saturated carbocycles. The third kappa shape index (κ3) is 3.03. The SMILES string of the molecule is CN(C)C(CNC(=O)C1(C)COCC1N)c1cccs1. The maximum Gasteiger partial charge on any atom is 0.230 e. The Kier molecular flexibility index (Phi) is 4.80. The van der Waals surface area contributed by atoms with E-state index in [4.69, 9.17) is 10.5 Å². The number of nitrogens with one attached hydrogen (secondary N) is 1. The molecule has 3 N–H and O–H groups in total. The van der Waals surface area contributed by atoms with Crippen molar-refractivity contribution in [3.8, 4) is 0 Å². The zero-order valence-electron chi connectivity index (χ0n) is 12.3. The molecule has 1 aliphatic rings. The van der Waals surface area contributed by atoms with Gasteiger partial charge in [0.2, 0.25) is 5.91 Å². The van der Waals surface area contributed by atoms with Gasteiger partial charge in [0.05, 0.1) is 24.7 Å². The van der Waals surface area contributed by atoms with Gasteiger partial charge >= 0.3 is 0 Å². The van der Waals surface area contributed by atoms with Crippen molar-refractivity contribution in [2.75, 3.05) is 33.9 Å². The first kappa shape index (κ1) is 15.4. The van der Waals surface area contributed by atoms with Gasteiger partial charge in [0.1, 0.15) is 0 Å². The van der Waals surface area contributed by atoms with Crippen LogP contribution < -0.4 is 11.1 Å². The maximum atomic E-state index is 12.4. The summed E-state index contributed by atoms with van der Waals surface area (Å²) < 4.78 is 5.33. The Balaban J connectivity index is 1.98. The number of amides is 1. The van der Waals surface area contributed by atoms with Crippen LogP contribution in [0.3, 0.4) is 0 Å². The van der Waals surface area contributed by atoms with Crippen LogP contribution in [0, 0.1) is 5.41 Å². The number of carbonyl (C=O) groups is 1. The molecule has 0 bridgehead atoms. The first-order valence-electron chi connectivity index (χ1n) is 6.76. The monoisotopic (exact) mass is 297 g/mol. The smallest absolute Gasteiger partial charge is 0.230 e. The third-order valence-electron chi connectivity index (χ3n) is 3.99. The van der Waals surface area contributed by atoms with E-state index in [0.29, 0.717) is 19.8 Å². The van der Waals surface area contributed by atoms with Crippen LogP contribution in [0.1, 0.15) is 17.8 Å². The summed E-state index contributed by atoms with van der Waals surface area (Å²) in [5.74, 6) is -0.0223. The predicted molar refractivity (Wildman–Crippen MR) is 80.7 cm³/mol. The highest BCUT2D eigenvalue weighted by Crippen LogP contribution is 2.28. The summed E-state index contributed by atoms with van der Waals surface area (Å²) in [5.41, 5.74) is 5.36. The van der Waals surface area contributed by atoms with Crippen LogP contribution >= 0.6 is 11.3 Å². The van der Waals surface area contributed by atoms with Crippen molar-refractivity contribution in [3.05, 3.63) is 22.4 Å². The highest BCUT2D eigenvalue weighted by molar-refractivity contribution is 7.10. The summed E-state index contributed by atoms with van der Waals surface area (Å²) in [4.78, 5) is 15.7. The Morgan fingerprint density at radius 1 is 1.70 bits per heavy atom. The lowest BCUT2D eigenvalue weighted by Gasteiger charge is -2.28. The largest absolute Gasteiger partial charge is 0.379 e. The second-order valence-electron chi connectivity index (χ2n) is 5.74. The fourth-order valence-electron chi connectivity index (χ4n) is 2.33. The highest BCUT2D eigenvalue weighted by Gasteiger charge is 2.44. The van der Waals surface area contributed by atoms with E-state index in [1.165, 1.54) is 4.88 Å². The lowest BCUT2D eigenvalue weighted by Crippen LogP contribution is -2.51. The van der Waals surface area contributed by atoms with Gasteiger partial charge in [-0.05, 0) is 32.5 Å². The van der Waals surface area contributed by atoms with Crippen molar-refractivity contribution in [2.24, 2.45) is 11.1 Å². The van der Waals surface area contributed by atoms with E-state index in [9.17, 15) is 4.79 Å². The van der Waals surface area contributed by atoms with Crippen molar-refractivity contribution >= 4 is 17.2 Å². The van der Waals surface area contributed by atoms with E-state index >= 15 is 0 Å². The van der Waals surface area contributed by atoms with Gasteiger partial charge in [0, 0.05) is 17.5 Å². The zero-order valence-corrected chi connectivity index (χ0v) is 13.1. The van der Waals surface area contributed by atoms with Gasteiger partial charge in [0.25, 0.3) is 0 Å². The molecule has 2 rings (SSSR count). The van der Waals surface area contributed by atoms with E-state index in [1.54, 1.807) is 11.3 Å². The number of rotatable bonds is 5. The molecule has 112 valence electrons. The third-order valence-corrected chi connectivity index (χ3v) is 4.96. The number of hydrogen-bond acceptors (Lipinski definition) is 5. The fourth-order valence-corrected chi connectivity index (χ4v) is 3.26. The van der Waals surface area contributed by atoms with Crippen molar-refractivity contribution in [1.82, 2.24) is 10.2 Å². The standard InChI is InChI=1S/C14H23N3O2S/c1-14(9-19-8-12(14)15)13(18)16-7-10(17(2)3)11-5-4-6-20-11/h4-6,10,12H,7-9,15H2,1-3H3,(H,16,18). The number of ether oxygens (including phenoxy) is 1. The van der Waals surface area contributed by atoms with E-state index in [1.807, 2.05) is 27.1 Å². The normalized spacial score (nSPS) is 27.8. The lowest BCUT2D eigenvalue weighted by atomic mass is 9.85. The summed E-state index contributed by atoms with van der Waals surface area (Å²) in [6.45, 7) is 3.29. The number of nitrogens with zero attached hydrogens (tertiary/aromatic N) is 1. The van der Waals surface area contributed by atoms with Crippen LogP contribution in [0.5, 0.6) is 0 Å². The van der Waals surface area contributed by atoms with E-state index in [0.717, 1.165) is 0 Å². The molecule has 1 aromatic rings. The Bertz CT molecular complexity index is 449. The van der Waals surface area contributed by atoms with Crippen LogP contribution in [-0.4, -0.2) is 50.7 Å². The molecular formula is C14H23N3O2S. The summed E-state index contributed by atoms with van der Waals surface area (Å²) >= 11 is 1.70. The van der Waals surface area contributed by atoms with E-state index < -0.39 is 5.41 Å². The van der Waals surface area contributed by atoms with E-state index in [-0.39, 0.29) is 18.0 Å². The molecular weight excluding hydrogens is 274 g/mol. The summed E-state index contributed by atoms with van der Waals surface area (Å²) in [6.07, 6.45) is 0. The molecule has 0 spiro atoms. The average Bonchev–Trinajstić information content (AvgIpc) is 3.01. The van der Waals surface area contributed by atoms with Crippen LogP contribution in [-0.2, 0) is 9.53 Å². The number of nitrogens with two attached hydrogens (primary N) is 1. The molecule has 1 aliphatic heterocycles. The Labute approximate surface area is 124 Å². The van der Waals surface area contributed by atoms with Gasteiger partial charge in [-0.15, -0.1) is 11.3 Å². The van der Waals surface area contributed by atoms with Gasteiger partial charge in [-0.25, -0.2) is 0 Å². The Hall–Kier alpha value is -0.950. The second-order valence-corrected chi connectivity index (χ2v) is 6.72. The minimum Gasteiger partial charge on any atom is -0.379 e. The summed E-state index contributed by atoms with van der Waals surface area (Å²) in [7, 11) is 4.03. The van der Waals surface area contributed by atoms with Crippen LogP contribution in [0.25, 0.3) is 0 Å². The van der Waals surface area contributed by atoms with Gasteiger partial charge in [-0.3, -0.25) is 4.79 Å². The highest BCUT2D eigenvalue weighted by atomic mass is 32.1. The molecule has 6 heteroatoms. The molecule has 1 saturated heterocycles. The van der Waals surface area contributed by atoms with E-state index in [2.05, 4.69) is 21.7 Å². The Morgan fingerprint density at radius 3 is 2.95 bits per heavy atom. The van der Waals surface area contributed by atoms with Crippen LogP contribution in [0.2, 0.25) is 0 Å². The summed E-state index contributed by atoms with van der Waals surface area (Å²) in [5, 5.41) is 5.08. The van der Waals surface area contributed by atoms with Crippen LogP contribution in [0.15, 0.2) is 17.5 Å². The number of hydrogen-bond donors (Lipinski definition) is 2. The molecule has 20 heavy (non-hydrogen) atoms. The molecule has 0 aromatic carbocycles. The summed E-state index contributed by atoms with van der Waals surface area (Å²) in [6, 6.07) is 4.07. The molecule has 1 fully saturated rings. The first-order chi connectivity index (χ1) is 9.45. The number of carbonyl (C=O) groups excluding carboxylic acids is 1. The van der Waals surface area contributed by atoms with Gasteiger partial charge in [0.15, 0.2) is 0 Å². The molecule has 3 unspecified atom stereocenters. The van der Waals surface area contributed by atoms with Crippen molar-refractivity contribution in [1.29, 1.82) is 0 Å². The molecule has 5 nitrogen and oxygen atoms in total. The molecule has 0 aliphatic carbocycles. The minimum atomic E-state index is -0.619. The molecule has 2 heterocycles. The number of thiophene rings is 1. The first-order valence-corrected chi connectivity index (χ1v) is 7.64. The van der Waals surface area contributed by atoms with Crippen LogP contribution in [0.4, 0.5) is 0 Å². The molecule has 1 amide bonds. The fraction of sp³-hybridized carbons (Fsp3) is 0.643. The predicted octanol–water partition coefficient (Wildman–Crippen LogP) is 0.831. The topological polar surface area (TPSA) is 67.6 Å². The van der Waals surface area contributed by atoms with Gasteiger partial charge in [-0.2, -0.15) is 0 Å². The maximum absolute atomic E-state index is 12.4. The van der Waals surface area contributed by atoms with Gasteiger partial charge < -0.3 is 20.7 Å². The van der Waals surface area contributed by atoms with Crippen molar-refractivity contribution in [3.63, 3.8) is 0 Å². The lowest BCUT2D eigenvalue weighted by molar-refractivity contribution is -0.130. The second kappa shape index (κ2) is 6.22. The number of likely N-dealkylation sites (N-methyl/N-ethyl adjacent to an activating group) is 1. The van der Waals surface area contributed by atoms with Crippen molar-refractivity contribution in [2.45, 2.75) is 19.0 Å². The molecule has 1 aromatic heterocycles. The minimum absolute atomic E-state index is 0.0223. The van der Waals surface area contributed by atoms with Gasteiger partial charge in [-0.1, -0.05) is 6.07 Å². The van der Waals surface area contributed by atoms with Crippen molar-refractivity contribution < 1.29 is 9.53 Å². The zero-order chi connectivity index (χ0) is 14.8. The molecule has 0 radical (unpaired) electrons. The molecule has 3 atom stereocenters. The Morgan fingerprint density at radius 2 is 2.45 bits per heavy atom.